The normalized spacial score (nSPS) is 12.4. The Kier molecular flexibility index (Phi) is 9.13. The number of benzene rings is 1. The average Bonchev–Trinajstić information content (AvgIpc) is 2.48. The van der Waals surface area contributed by atoms with E-state index in [-0.39, 0.29) is 11.9 Å². The third-order valence-corrected chi connectivity index (χ3v) is 4.08. The Morgan fingerprint density at radius 3 is 2.55 bits per heavy atom. The van der Waals surface area contributed by atoms with Gasteiger partial charge in [-0.2, -0.15) is 0 Å². The molecular formula is C17H28ClN3O. The van der Waals surface area contributed by atoms with Gasteiger partial charge in [-0.05, 0) is 45.1 Å². The summed E-state index contributed by atoms with van der Waals surface area (Å²) in [5.41, 5.74) is 6.49. The van der Waals surface area contributed by atoms with Gasteiger partial charge in [-0.1, -0.05) is 42.6 Å². The van der Waals surface area contributed by atoms with E-state index < -0.39 is 0 Å². The van der Waals surface area contributed by atoms with Crippen molar-refractivity contribution in [2.45, 2.75) is 38.1 Å². The molecule has 4 nitrogen and oxygen atoms in total. The Morgan fingerprint density at radius 2 is 1.91 bits per heavy atom. The van der Waals surface area contributed by atoms with E-state index in [2.05, 4.69) is 10.2 Å². The first-order valence-electron chi connectivity index (χ1n) is 7.94. The Bertz CT molecular complexity index is 451. The van der Waals surface area contributed by atoms with Crippen molar-refractivity contribution < 1.29 is 4.79 Å². The monoisotopic (exact) mass is 325 g/mol. The molecule has 1 atom stereocenters. The Morgan fingerprint density at radius 1 is 1.23 bits per heavy atom. The third-order valence-electron chi connectivity index (χ3n) is 3.74. The maximum Gasteiger partial charge on any atom is 0.220 e. The Labute approximate surface area is 139 Å². The molecule has 1 aromatic rings. The van der Waals surface area contributed by atoms with Crippen molar-refractivity contribution in [1.29, 1.82) is 0 Å². The zero-order valence-corrected chi connectivity index (χ0v) is 14.4. The molecule has 1 rings (SSSR count). The van der Waals surface area contributed by atoms with Crippen molar-refractivity contribution in [2.75, 3.05) is 27.2 Å². The van der Waals surface area contributed by atoms with Crippen LogP contribution in [0.1, 0.15) is 43.7 Å². The van der Waals surface area contributed by atoms with Gasteiger partial charge in [-0.15, -0.1) is 0 Å². The number of nitrogens with one attached hydrogen (secondary N) is 1. The van der Waals surface area contributed by atoms with E-state index >= 15 is 0 Å². The lowest BCUT2D eigenvalue weighted by molar-refractivity contribution is -0.121. The fourth-order valence-electron chi connectivity index (χ4n) is 2.40. The average molecular weight is 326 g/mol. The lowest BCUT2D eigenvalue weighted by atomic mass is 10.1. The van der Waals surface area contributed by atoms with E-state index in [0.29, 0.717) is 13.0 Å². The second-order valence-electron chi connectivity index (χ2n) is 5.76. The van der Waals surface area contributed by atoms with Gasteiger partial charge in [0.2, 0.25) is 5.91 Å². The highest BCUT2D eigenvalue weighted by Crippen LogP contribution is 2.25. The van der Waals surface area contributed by atoms with Gasteiger partial charge < -0.3 is 16.0 Å². The van der Waals surface area contributed by atoms with Crippen LogP contribution in [0.2, 0.25) is 5.02 Å². The molecule has 0 aliphatic carbocycles. The van der Waals surface area contributed by atoms with Crippen LogP contribution in [0.3, 0.4) is 0 Å². The number of carbonyl (C=O) groups is 1. The molecule has 124 valence electrons. The summed E-state index contributed by atoms with van der Waals surface area (Å²) in [6.07, 6.45) is 4.70. The first kappa shape index (κ1) is 18.9. The summed E-state index contributed by atoms with van der Waals surface area (Å²) in [6, 6.07) is 7.85. The van der Waals surface area contributed by atoms with Crippen molar-refractivity contribution >= 4 is 17.5 Å². The molecule has 0 radical (unpaired) electrons. The zero-order valence-electron chi connectivity index (χ0n) is 13.6. The summed E-state index contributed by atoms with van der Waals surface area (Å²) in [5, 5.41) is 3.75. The highest BCUT2D eigenvalue weighted by Gasteiger charge is 2.17. The van der Waals surface area contributed by atoms with Crippen molar-refractivity contribution in [3.63, 3.8) is 0 Å². The molecule has 0 aliphatic heterocycles. The third kappa shape index (κ3) is 6.77. The number of unbranched alkanes of at least 4 members (excludes halogenated alkanes) is 3. The van der Waals surface area contributed by atoms with E-state index in [9.17, 15) is 4.79 Å². The van der Waals surface area contributed by atoms with Crippen LogP contribution in [0.5, 0.6) is 0 Å². The molecule has 5 heteroatoms. The minimum absolute atomic E-state index is 0.0786. The quantitative estimate of drug-likeness (QED) is 0.650. The highest BCUT2D eigenvalue weighted by atomic mass is 35.5. The number of hydrogen-bond donors (Lipinski definition) is 2. The molecule has 1 amide bonds. The maximum absolute atomic E-state index is 11.9. The van der Waals surface area contributed by atoms with Gasteiger partial charge in [-0.3, -0.25) is 4.79 Å². The van der Waals surface area contributed by atoms with Crippen LogP contribution in [-0.2, 0) is 4.79 Å². The smallest absolute Gasteiger partial charge is 0.220 e. The SMILES string of the molecule is CN(C)C(CNC(=O)CCCCCCN)c1ccccc1Cl. The topological polar surface area (TPSA) is 58.4 Å². The molecule has 0 aliphatic rings. The number of carbonyl (C=O) groups excluding carboxylic acids is 1. The molecule has 0 bridgehead atoms. The van der Waals surface area contributed by atoms with Crippen molar-refractivity contribution in [3.8, 4) is 0 Å². The predicted octanol–water partition coefficient (Wildman–Crippen LogP) is 2.97. The Hall–Kier alpha value is -1.10. The predicted molar refractivity (Wildman–Crippen MR) is 93.0 cm³/mol. The van der Waals surface area contributed by atoms with E-state index in [4.69, 9.17) is 17.3 Å². The molecule has 1 aromatic carbocycles. The maximum atomic E-state index is 11.9. The molecule has 0 aromatic heterocycles. The summed E-state index contributed by atoms with van der Waals surface area (Å²) in [6.45, 7) is 1.30. The summed E-state index contributed by atoms with van der Waals surface area (Å²) in [4.78, 5) is 14.0. The first-order valence-corrected chi connectivity index (χ1v) is 8.31. The molecule has 0 heterocycles. The molecule has 0 saturated carbocycles. The van der Waals surface area contributed by atoms with Gasteiger partial charge >= 0.3 is 0 Å². The summed E-state index contributed by atoms with van der Waals surface area (Å²) < 4.78 is 0. The summed E-state index contributed by atoms with van der Waals surface area (Å²) >= 11 is 6.26. The number of likely N-dealkylation sites (N-methyl/N-ethyl adjacent to an activating group) is 1. The molecule has 1 unspecified atom stereocenters. The fourth-order valence-corrected chi connectivity index (χ4v) is 2.66. The van der Waals surface area contributed by atoms with Gasteiger partial charge in [0.25, 0.3) is 0 Å². The zero-order chi connectivity index (χ0) is 16.4. The molecule has 0 saturated heterocycles. The Balaban J connectivity index is 2.42. The number of halogens is 1. The number of nitrogens with two attached hydrogens (primary N) is 1. The molecule has 0 spiro atoms. The standard InChI is InChI=1S/C17H28ClN3O/c1-21(2)16(14-9-6-7-10-15(14)18)13-20-17(22)11-5-3-4-8-12-19/h6-7,9-10,16H,3-5,8,11-13,19H2,1-2H3,(H,20,22). The molecule has 0 fully saturated rings. The minimum Gasteiger partial charge on any atom is -0.354 e. The van der Waals surface area contributed by atoms with E-state index in [0.717, 1.165) is 42.8 Å². The summed E-state index contributed by atoms with van der Waals surface area (Å²) in [5.74, 6) is 0.103. The number of rotatable bonds is 10. The van der Waals surface area contributed by atoms with Crippen LogP contribution >= 0.6 is 11.6 Å². The fraction of sp³-hybridized carbons (Fsp3) is 0.588. The van der Waals surface area contributed by atoms with Crippen LogP contribution in [0.25, 0.3) is 0 Å². The number of hydrogen-bond acceptors (Lipinski definition) is 3. The van der Waals surface area contributed by atoms with E-state index in [1.165, 1.54) is 0 Å². The van der Waals surface area contributed by atoms with E-state index in [1.54, 1.807) is 0 Å². The van der Waals surface area contributed by atoms with Crippen molar-refractivity contribution in [2.24, 2.45) is 5.73 Å². The second-order valence-corrected chi connectivity index (χ2v) is 6.17. The van der Waals surface area contributed by atoms with Crippen LogP contribution in [0.4, 0.5) is 0 Å². The second kappa shape index (κ2) is 10.6. The van der Waals surface area contributed by atoms with Gasteiger partial charge in [0, 0.05) is 18.0 Å². The van der Waals surface area contributed by atoms with Gasteiger partial charge in [0.1, 0.15) is 0 Å². The van der Waals surface area contributed by atoms with E-state index in [1.807, 2.05) is 38.4 Å². The van der Waals surface area contributed by atoms with Crippen LogP contribution in [0, 0.1) is 0 Å². The number of nitrogens with zero attached hydrogens (tertiary/aromatic N) is 1. The largest absolute Gasteiger partial charge is 0.354 e. The van der Waals surface area contributed by atoms with Crippen LogP contribution < -0.4 is 11.1 Å². The minimum atomic E-state index is 0.0786. The molecule has 3 N–H and O–H groups in total. The molecule has 22 heavy (non-hydrogen) atoms. The van der Waals surface area contributed by atoms with Crippen molar-refractivity contribution in [1.82, 2.24) is 10.2 Å². The van der Waals surface area contributed by atoms with Crippen LogP contribution in [-0.4, -0.2) is 38.0 Å². The number of amides is 1. The highest BCUT2D eigenvalue weighted by molar-refractivity contribution is 6.31. The lowest BCUT2D eigenvalue weighted by Crippen LogP contribution is -2.34. The van der Waals surface area contributed by atoms with Gasteiger partial charge in [0.05, 0.1) is 6.04 Å². The van der Waals surface area contributed by atoms with Gasteiger partial charge in [-0.25, -0.2) is 0 Å². The van der Waals surface area contributed by atoms with Gasteiger partial charge in [0.15, 0.2) is 0 Å². The van der Waals surface area contributed by atoms with Crippen molar-refractivity contribution in [3.05, 3.63) is 34.9 Å². The molecular weight excluding hydrogens is 298 g/mol. The summed E-state index contributed by atoms with van der Waals surface area (Å²) in [7, 11) is 3.99. The lowest BCUT2D eigenvalue weighted by Gasteiger charge is -2.26. The van der Waals surface area contributed by atoms with Crippen LogP contribution in [0.15, 0.2) is 24.3 Å². The first-order chi connectivity index (χ1) is 10.6.